The van der Waals surface area contributed by atoms with E-state index in [4.69, 9.17) is 9.97 Å². The van der Waals surface area contributed by atoms with Crippen LogP contribution in [0.15, 0.2) is 60.9 Å². The summed E-state index contributed by atoms with van der Waals surface area (Å²) in [4.78, 5) is 16.7. The van der Waals surface area contributed by atoms with Gasteiger partial charge in [0.05, 0.1) is 23.8 Å². The second-order valence-corrected chi connectivity index (χ2v) is 17.3. The number of fused-ring (bicyclic) bond motifs is 1. The van der Waals surface area contributed by atoms with Crippen LogP contribution in [0, 0.1) is 11.8 Å². The molecule has 1 saturated heterocycles. The molecule has 3 fully saturated rings. The molecule has 1 aliphatic heterocycles. The molecule has 4 atom stereocenters. The molecule has 3 heterocycles. The first-order chi connectivity index (χ1) is 17.0. The first-order valence-corrected chi connectivity index (χ1v) is 16.7. The van der Waals surface area contributed by atoms with Crippen LogP contribution in [0.2, 0.25) is 25.2 Å². The number of rotatable bonds is 5. The fourth-order valence-corrected chi connectivity index (χ4v) is 9.74. The normalized spacial score (nSPS) is 26.7. The molecule has 0 spiro atoms. The SMILES string of the molecule is C[Si]1(C)CC[C@H](c2ncc(-c3ccc(-c4ccc(-c5cnc(C6C[C@@H]7C[C@@H]7C6)[nH]5)cc4)cc3)[nH]2)C1. The zero-order chi connectivity index (χ0) is 23.6. The maximum Gasteiger partial charge on any atom is 0.109 e. The quantitative estimate of drug-likeness (QED) is 0.287. The van der Waals surface area contributed by atoms with E-state index in [1.54, 1.807) is 0 Å². The van der Waals surface area contributed by atoms with Gasteiger partial charge in [-0.1, -0.05) is 67.7 Å². The van der Waals surface area contributed by atoms with Crippen molar-refractivity contribution in [2.75, 3.05) is 0 Å². The smallest absolute Gasteiger partial charge is 0.109 e. The molecule has 0 bridgehead atoms. The highest BCUT2D eigenvalue weighted by Crippen LogP contribution is 2.57. The van der Waals surface area contributed by atoms with E-state index in [1.807, 2.05) is 12.4 Å². The van der Waals surface area contributed by atoms with Gasteiger partial charge < -0.3 is 9.97 Å². The molecule has 4 nitrogen and oxygen atoms in total. The van der Waals surface area contributed by atoms with Gasteiger partial charge in [0, 0.05) is 19.9 Å². The molecule has 5 heteroatoms. The van der Waals surface area contributed by atoms with Crippen molar-refractivity contribution in [3.05, 3.63) is 72.6 Å². The van der Waals surface area contributed by atoms with E-state index in [-0.39, 0.29) is 0 Å². The van der Waals surface area contributed by atoms with E-state index in [0.717, 1.165) is 23.2 Å². The number of benzene rings is 2. The highest BCUT2D eigenvalue weighted by molar-refractivity contribution is 6.78. The van der Waals surface area contributed by atoms with Crippen LogP contribution in [0.4, 0.5) is 0 Å². The third-order valence-corrected chi connectivity index (χ3v) is 12.1. The summed E-state index contributed by atoms with van der Waals surface area (Å²) in [7, 11) is -0.999. The fourth-order valence-electron chi connectivity index (χ4n) is 6.67. The molecule has 0 radical (unpaired) electrons. The molecule has 2 N–H and O–H groups in total. The Morgan fingerprint density at radius 1 is 0.657 bits per heavy atom. The van der Waals surface area contributed by atoms with Gasteiger partial charge in [-0.15, -0.1) is 0 Å². The lowest BCUT2D eigenvalue weighted by Gasteiger charge is -2.13. The van der Waals surface area contributed by atoms with Crippen LogP contribution >= 0.6 is 0 Å². The first kappa shape index (κ1) is 21.4. The van der Waals surface area contributed by atoms with Crippen molar-refractivity contribution >= 4 is 8.07 Å². The molecule has 2 aliphatic carbocycles. The lowest BCUT2D eigenvalue weighted by atomic mass is 10.0. The molecule has 7 rings (SSSR count). The number of nitrogens with one attached hydrogen (secondary N) is 2. The van der Waals surface area contributed by atoms with Crippen LogP contribution in [0.1, 0.15) is 49.2 Å². The summed E-state index contributed by atoms with van der Waals surface area (Å²) in [5.74, 6) is 5.60. The summed E-state index contributed by atoms with van der Waals surface area (Å²) < 4.78 is 0. The molecule has 3 aliphatic rings. The van der Waals surface area contributed by atoms with Gasteiger partial charge in [-0.2, -0.15) is 0 Å². The molecule has 1 unspecified atom stereocenters. The van der Waals surface area contributed by atoms with Crippen molar-refractivity contribution in [1.29, 1.82) is 0 Å². The molecular formula is C30H34N4Si. The van der Waals surface area contributed by atoms with Gasteiger partial charge in [-0.25, -0.2) is 9.97 Å². The average Bonchev–Trinajstić information content (AvgIpc) is 3.41. The van der Waals surface area contributed by atoms with Crippen molar-refractivity contribution < 1.29 is 0 Å². The highest BCUT2D eigenvalue weighted by atomic mass is 28.3. The van der Waals surface area contributed by atoms with Crippen LogP contribution in [0.5, 0.6) is 0 Å². The summed E-state index contributed by atoms with van der Waals surface area (Å²) in [6, 6.07) is 20.5. The third-order valence-electron chi connectivity index (χ3n) is 8.90. The summed E-state index contributed by atoms with van der Waals surface area (Å²) in [6.45, 7) is 5.01. The monoisotopic (exact) mass is 478 g/mol. The van der Waals surface area contributed by atoms with E-state index in [0.29, 0.717) is 11.8 Å². The average molecular weight is 479 g/mol. The number of aromatic nitrogens is 4. The Hall–Kier alpha value is -2.92. The van der Waals surface area contributed by atoms with E-state index in [9.17, 15) is 0 Å². The number of hydrogen-bond donors (Lipinski definition) is 2. The van der Waals surface area contributed by atoms with Crippen molar-refractivity contribution in [2.24, 2.45) is 11.8 Å². The molecule has 2 aromatic carbocycles. The summed E-state index contributed by atoms with van der Waals surface area (Å²) in [5, 5.41) is 0. The highest BCUT2D eigenvalue weighted by Gasteiger charge is 2.47. The van der Waals surface area contributed by atoms with Crippen molar-refractivity contribution in [3.63, 3.8) is 0 Å². The molecule has 178 valence electrons. The maximum atomic E-state index is 4.75. The van der Waals surface area contributed by atoms with E-state index in [2.05, 4.69) is 71.6 Å². The molecular weight excluding hydrogens is 444 g/mol. The number of imidazole rings is 2. The number of aromatic amines is 2. The second kappa shape index (κ2) is 8.06. The van der Waals surface area contributed by atoms with Gasteiger partial charge in [-0.3, -0.25) is 0 Å². The summed E-state index contributed by atoms with van der Waals surface area (Å²) in [5.41, 5.74) is 7.13. The molecule has 35 heavy (non-hydrogen) atoms. The predicted octanol–water partition coefficient (Wildman–Crippen LogP) is 7.84. The van der Waals surface area contributed by atoms with Gasteiger partial charge in [0.25, 0.3) is 0 Å². The Morgan fingerprint density at radius 3 is 1.63 bits per heavy atom. The minimum absolute atomic E-state index is 0.623. The molecule has 0 amide bonds. The Morgan fingerprint density at radius 2 is 1.14 bits per heavy atom. The zero-order valence-electron chi connectivity index (χ0n) is 20.7. The van der Waals surface area contributed by atoms with Crippen molar-refractivity contribution in [3.8, 4) is 33.6 Å². The zero-order valence-corrected chi connectivity index (χ0v) is 21.7. The van der Waals surface area contributed by atoms with Crippen molar-refractivity contribution in [2.45, 2.75) is 62.7 Å². The van der Waals surface area contributed by atoms with Gasteiger partial charge in [-0.05, 0) is 65.8 Å². The van der Waals surface area contributed by atoms with Crippen LogP contribution in [-0.4, -0.2) is 28.0 Å². The van der Waals surface area contributed by atoms with Crippen LogP contribution in [0.25, 0.3) is 33.6 Å². The van der Waals surface area contributed by atoms with Gasteiger partial charge in [0.2, 0.25) is 0 Å². The third kappa shape index (κ3) is 4.10. The molecule has 4 aromatic rings. The van der Waals surface area contributed by atoms with Crippen LogP contribution < -0.4 is 0 Å². The van der Waals surface area contributed by atoms with Gasteiger partial charge in [0.15, 0.2) is 0 Å². The van der Waals surface area contributed by atoms with Crippen LogP contribution in [0.3, 0.4) is 0 Å². The van der Waals surface area contributed by atoms with E-state index in [1.165, 1.54) is 71.7 Å². The topological polar surface area (TPSA) is 57.4 Å². The minimum atomic E-state index is -0.999. The lowest BCUT2D eigenvalue weighted by Crippen LogP contribution is -2.19. The lowest BCUT2D eigenvalue weighted by molar-refractivity contribution is 0.596. The van der Waals surface area contributed by atoms with Gasteiger partial charge in [0.1, 0.15) is 11.6 Å². The van der Waals surface area contributed by atoms with E-state index >= 15 is 0 Å². The predicted molar refractivity (Wildman–Crippen MR) is 145 cm³/mol. The summed E-state index contributed by atoms with van der Waals surface area (Å²) >= 11 is 0. The Bertz CT molecular complexity index is 1340. The fraction of sp³-hybridized carbons (Fsp3) is 0.400. The standard InChI is InChI=1S/C30H34N4Si/c1-35(2)12-11-23(18-35)29-31-16-27(33-29)21-7-3-19(4-8-21)20-5-9-22(10-6-20)28-17-32-30(34-28)26-14-24-13-25(24)15-26/h3-10,16-17,23-26H,11-15,18H2,1-2H3,(H,31,33)(H,32,34)/t23-,24-,25+,26?/m0/s1. The maximum absolute atomic E-state index is 4.75. The largest absolute Gasteiger partial charge is 0.342 e. The van der Waals surface area contributed by atoms with Gasteiger partial charge >= 0.3 is 0 Å². The Labute approximate surface area is 208 Å². The first-order valence-electron chi connectivity index (χ1n) is 13.3. The molecule has 2 aromatic heterocycles. The number of hydrogen-bond acceptors (Lipinski definition) is 2. The van der Waals surface area contributed by atoms with Crippen LogP contribution in [-0.2, 0) is 0 Å². The summed E-state index contributed by atoms with van der Waals surface area (Å²) in [6.07, 6.45) is 9.42. The number of nitrogens with zero attached hydrogens (tertiary/aromatic N) is 2. The Balaban J connectivity index is 1.04. The van der Waals surface area contributed by atoms with E-state index < -0.39 is 8.07 Å². The minimum Gasteiger partial charge on any atom is -0.342 e. The number of H-pyrrole nitrogens is 2. The second-order valence-electron chi connectivity index (χ2n) is 12.0. The molecule has 2 saturated carbocycles. The van der Waals surface area contributed by atoms with Crippen molar-refractivity contribution in [1.82, 2.24) is 19.9 Å². The Kier molecular flexibility index (Phi) is 4.92.